The zero-order valence-electron chi connectivity index (χ0n) is 41.6. The van der Waals surface area contributed by atoms with Crippen LogP contribution in [0.3, 0.4) is 0 Å². The molecular weight excluding hydrogens is 792 g/mol. The van der Waals surface area contributed by atoms with Crippen molar-refractivity contribution in [1.29, 1.82) is 0 Å². The van der Waals surface area contributed by atoms with E-state index in [0.717, 1.165) is 12.8 Å². The molecule has 0 fully saturated rings. The van der Waals surface area contributed by atoms with E-state index in [1.165, 1.54) is 301 Å². The van der Waals surface area contributed by atoms with Crippen molar-refractivity contribution in [2.45, 2.75) is 326 Å². The molecule has 0 heterocycles. The standard InChI is InChI=1S/C56H106O3S.K/c1-2-3-4-5-6-7-8-9-10-11-12-13-14-15-16-17-18-19-20-21-22-23-24-25-26-27-28-29-30-31-32-33-34-35-36-37-38-39-40-41-42-43-44-45-46-47-48-49-52-55-53-50-51-54-56(55)60(57,58)59;/h50-51,53-54H,2-49,52H2,1H3,(H,57,58,59);/q;+1/p-1. The second-order valence-electron chi connectivity index (χ2n) is 19.4. The molecule has 0 aromatic heterocycles. The largest absolute Gasteiger partial charge is 1.00 e. The van der Waals surface area contributed by atoms with Crippen molar-refractivity contribution in [2.24, 2.45) is 0 Å². The van der Waals surface area contributed by atoms with Gasteiger partial charge in [-0.15, -0.1) is 0 Å². The molecule has 0 aliphatic heterocycles. The summed E-state index contributed by atoms with van der Waals surface area (Å²) in [5, 5.41) is 0. The van der Waals surface area contributed by atoms with Crippen molar-refractivity contribution in [3.05, 3.63) is 29.8 Å². The van der Waals surface area contributed by atoms with E-state index in [-0.39, 0.29) is 56.3 Å². The second kappa shape index (κ2) is 50.2. The summed E-state index contributed by atoms with van der Waals surface area (Å²) in [6, 6.07) is 6.66. The van der Waals surface area contributed by atoms with Gasteiger partial charge < -0.3 is 4.55 Å². The van der Waals surface area contributed by atoms with Gasteiger partial charge in [-0.1, -0.05) is 327 Å². The number of hydrogen-bond acceptors (Lipinski definition) is 3. The molecule has 0 amide bonds. The van der Waals surface area contributed by atoms with Gasteiger partial charge in [0.1, 0.15) is 10.1 Å². The molecule has 0 aliphatic rings. The molecular formula is C56H105KO3S. The van der Waals surface area contributed by atoms with Crippen molar-refractivity contribution in [2.75, 3.05) is 0 Å². The van der Waals surface area contributed by atoms with Gasteiger partial charge in [-0.3, -0.25) is 0 Å². The van der Waals surface area contributed by atoms with Crippen molar-refractivity contribution in [3.63, 3.8) is 0 Å². The minimum atomic E-state index is -4.37. The molecule has 0 saturated heterocycles. The molecule has 1 rings (SSSR count). The van der Waals surface area contributed by atoms with E-state index in [4.69, 9.17) is 0 Å². The minimum Gasteiger partial charge on any atom is -0.744 e. The summed E-state index contributed by atoms with van der Waals surface area (Å²) in [6.07, 6.45) is 69.3. The minimum absolute atomic E-state index is 0. The van der Waals surface area contributed by atoms with Crippen molar-refractivity contribution in [1.82, 2.24) is 0 Å². The summed E-state index contributed by atoms with van der Waals surface area (Å²) in [6.45, 7) is 2.31. The van der Waals surface area contributed by atoms with Crippen LogP contribution in [-0.2, 0) is 16.5 Å². The second-order valence-corrected chi connectivity index (χ2v) is 20.8. The third-order valence-corrected chi connectivity index (χ3v) is 14.5. The first kappa shape index (κ1) is 61.8. The first-order chi connectivity index (χ1) is 29.6. The summed E-state index contributed by atoms with van der Waals surface area (Å²) < 4.78 is 34.2. The predicted octanol–water partition coefficient (Wildman–Crippen LogP) is 16.9. The molecule has 354 valence electrons. The Morgan fingerprint density at radius 1 is 0.311 bits per heavy atom. The van der Waals surface area contributed by atoms with E-state index in [1.807, 2.05) is 6.07 Å². The Kier molecular flexibility index (Phi) is 50.8. The maximum atomic E-state index is 11.4. The molecule has 0 unspecified atom stereocenters. The summed E-state index contributed by atoms with van der Waals surface area (Å²) in [5.41, 5.74) is 0.676. The van der Waals surface area contributed by atoms with Crippen LogP contribution < -0.4 is 51.4 Å². The van der Waals surface area contributed by atoms with Gasteiger partial charge in [0.2, 0.25) is 0 Å². The van der Waals surface area contributed by atoms with E-state index in [2.05, 4.69) is 6.92 Å². The molecule has 0 N–H and O–H groups in total. The zero-order chi connectivity index (χ0) is 43.1. The molecule has 0 saturated carbocycles. The normalized spacial score (nSPS) is 11.7. The topological polar surface area (TPSA) is 57.2 Å². The Balaban J connectivity index is 0.0000360. The molecule has 5 heteroatoms. The van der Waals surface area contributed by atoms with Gasteiger partial charge in [0, 0.05) is 0 Å². The zero-order valence-corrected chi connectivity index (χ0v) is 45.5. The summed E-state index contributed by atoms with van der Waals surface area (Å²) in [7, 11) is -4.37. The van der Waals surface area contributed by atoms with E-state index in [1.54, 1.807) is 12.1 Å². The van der Waals surface area contributed by atoms with Gasteiger partial charge in [-0.05, 0) is 24.5 Å². The molecule has 1 aromatic carbocycles. The Labute approximate surface area is 426 Å². The van der Waals surface area contributed by atoms with E-state index < -0.39 is 10.1 Å². The molecule has 0 bridgehead atoms. The molecule has 0 atom stereocenters. The summed E-state index contributed by atoms with van der Waals surface area (Å²) in [5.74, 6) is 0. The maximum absolute atomic E-state index is 11.4. The monoisotopic (exact) mass is 897 g/mol. The van der Waals surface area contributed by atoms with Crippen LogP contribution in [0.4, 0.5) is 0 Å². The van der Waals surface area contributed by atoms with Crippen LogP contribution in [-0.4, -0.2) is 13.0 Å². The molecule has 0 aliphatic carbocycles. The number of rotatable bonds is 50. The number of aryl methyl sites for hydroxylation is 1. The Morgan fingerprint density at radius 3 is 0.689 bits per heavy atom. The molecule has 0 radical (unpaired) electrons. The van der Waals surface area contributed by atoms with E-state index in [0.29, 0.717) is 12.0 Å². The van der Waals surface area contributed by atoms with Crippen LogP contribution in [0.1, 0.15) is 321 Å². The fraction of sp³-hybridized carbons (Fsp3) is 0.893. The van der Waals surface area contributed by atoms with Crippen molar-refractivity contribution >= 4 is 10.1 Å². The van der Waals surface area contributed by atoms with Gasteiger partial charge >= 0.3 is 51.4 Å². The van der Waals surface area contributed by atoms with Crippen LogP contribution >= 0.6 is 0 Å². The number of hydrogen-bond donors (Lipinski definition) is 0. The Morgan fingerprint density at radius 2 is 0.492 bits per heavy atom. The fourth-order valence-corrected chi connectivity index (χ4v) is 10.2. The van der Waals surface area contributed by atoms with Crippen LogP contribution in [0, 0.1) is 0 Å². The van der Waals surface area contributed by atoms with Gasteiger partial charge in [-0.25, -0.2) is 8.42 Å². The fourth-order valence-electron chi connectivity index (χ4n) is 9.47. The first-order valence-corrected chi connectivity index (χ1v) is 29.0. The smallest absolute Gasteiger partial charge is 0.744 e. The molecule has 3 nitrogen and oxygen atoms in total. The van der Waals surface area contributed by atoms with Gasteiger partial charge in [0.15, 0.2) is 0 Å². The van der Waals surface area contributed by atoms with E-state index in [9.17, 15) is 13.0 Å². The SMILES string of the molecule is CCCCCCCCCCCCCCCCCCCCCCCCCCCCCCCCCCCCCCCCCCCCCCCCCCc1ccccc1S(=O)(=O)[O-].[K+]. The molecule has 61 heavy (non-hydrogen) atoms. The maximum Gasteiger partial charge on any atom is 1.00 e. The van der Waals surface area contributed by atoms with Crippen LogP contribution in [0.2, 0.25) is 0 Å². The molecule has 0 spiro atoms. The van der Waals surface area contributed by atoms with E-state index >= 15 is 0 Å². The third kappa shape index (κ3) is 45.7. The first-order valence-electron chi connectivity index (χ1n) is 27.6. The van der Waals surface area contributed by atoms with Crippen LogP contribution in [0.25, 0.3) is 0 Å². The summed E-state index contributed by atoms with van der Waals surface area (Å²) >= 11 is 0. The number of unbranched alkanes of at least 4 members (excludes halogenated alkanes) is 47. The molecule has 1 aromatic rings. The average Bonchev–Trinajstić information content (AvgIpc) is 3.24. The van der Waals surface area contributed by atoms with Gasteiger partial charge in [-0.2, -0.15) is 0 Å². The van der Waals surface area contributed by atoms with Crippen molar-refractivity contribution in [3.8, 4) is 0 Å². The number of benzene rings is 1. The predicted molar refractivity (Wildman–Crippen MR) is 265 cm³/mol. The van der Waals surface area contributed by atoms with Gasteiger partial charge in [0.05, 0.1) is 4.90 Å². The quantitative estimate of drug-likeness (QED) is 0.0372. The summed E-state index contributed by atoms with van der Waals surface area (Å²) in [4.78, 5) is -0.0394. The Hall–Kier alpha value is 0.766. The average molecular weight is 898 g/mol. The van der Waals surface area contributed by atoms with Crippen LogP contribution in [0.15, 0.2) is 29.2 Å². The van der Waals surface area contributed by atoms with Crippen molar-refractivity contribution < 1.29 is 64.4 Å². The Bertz CT molecular complexity index is 1090. The third-order valence-electron chi connectivity index (χ3n) is 13.5. The van der Waals surface area contributed by atoms with Gasteiger partial charge in [0.25, 0.3) is 0 Å². The van der Waals surface area contributed by atoms with Crippen LogP contribution in [0.5, 0.6) is 0 Å².